The first-order valence-corrected chi connectivity index (χ1v) is 7.89. The maximum absolute atomic E-state index is 11.3. The topological polar surface area (TPSA) is 69.0 Å². The predicted molar refractivity (Wildman–Crippen MR) is 90.3 cm³/mol. The molecular weight excluding hydrogens is 312 g/mol. The predicted octanol–water partition coefficient (Wildman–Crippen LogP) is 3.27. The Morgan fingerprint density at radius 2 is 2.04 bits per heavy atom. The molecule has 23 heavy (non-hydrogen) atoms. The molecular formula is C16H16N4O2S. The lowest BCUT2D eigenvalue weighted by Gasteiger charge is -2.03. The molecule has 0 aliphatic rings. The number of ether oxygens (including phenoxy) is 1. The molecule has 3 aromatic rings. The average molecular weight is 328 g/mol. The fourth-order valence-corrected chi connectivity index (χ4v) is 2.97. The number of hydrogen-bond donors (Lipinski definition) is 1. The molecule has 0 radical (unpaired) electrons. The minimum absolute atomic E-state index is 0.141. The van der Waals surface area contributed by atoms with E-state index in [-0.39, 0.29) is 5.91 Å². The molecule has 2 aromatic heterocycles. The molecule has 0 saturated heterocycles. The van der Waals surface area contributed by atoms with Crippen LogP contribution in [-0.4, -0.2) is 27.8 Å². The molecule has 3 rings (SSSR count). The van der Waals surface area contributed by atoms with Gasteiger partial charge in [0.25, 0.3) is 0 Å². The summed E-state index contributed by atoms with van der Waals surface area (Å²) in [5, 5.41) is 9.83. The van der Waals surface area contributed by atoms with Crippen LogP contribution in [-0.2, 0) is 4.79 Å². The SMILES string of the molecule is COc1ccc(-c2csc(-n3nc(C)cc3NC(C)=O)n2)cc1. The van der Waals surface area contributed by atoms with E-state index >= 15 is 0 Å². The molecule has 0 spiro atoms. The summed E-state index contributed by atoms with van der Waals surface area (Å²) in [6.07, 6.45) is 0. The summed E-state index contributed by atoms with van der Waals surface area (Å²) >= 11 is 1.47. The number of methoxy groups -OCH3 is 1. The van der Waals surface area contributed by atoms with E-state index in [1.165, 1.54) is 18.3 Å². The van der Waals surface area contributed by atoms with Gasteiger partial charge in [-0.25, -0.2) is 4.98 Å². The van der Waals surface area contributed by atoms with Crippen LogP contribution >= 0.6 is 11.3 Å². The Balaban J connectivity index is 1.94. The van der Waals surface area contributed by atoms with Crippen LogP contribution in [0.4, 0.5) is 5.82 Å². The largest absolute Gasteiger partial charge is 0.497 e. The fraction of sp³-hybridized carbons (Fsp3) is 0.188. The van der Waals surface area contributed by atoms with Crippen molar-refractivity contribution in [2.75, 3.05) is 12.4 Å². The van der Waals surface area contributed by atoms with E-state index in [4.69, 9.17) is 4.74 Å². The summed E-state index contributed by atoms with van der Waals surface area (Å²) < 4.78 is 6.81. The van der Waals surface area contributed by atoms with E-state index in [2.05, 4.69) is 15.4 Å². The zero-order valence-electron chi connectivity index (χ0n) is 13.0. The summed E-state index contributed by atoms with van der Waals surface area (Å²) in [5.41, 5.74) is 2.67. The van der Waals surface area contributed by atoms with E-state index in [0.29, 0.717) is 10.9 Å². The number of hydrogen-bond acceptors (Lipinski definition) is 5. The molecule has 0 unspecified atom stereocenters. The molecule has 0 aliphatic carbocycles. The Labute approximate surface area is 137 Å². The third kappa shape index (κ3) is 3.24. The van der Waals surface area contributed by atoms with Crippen molar-refractivity contribution in [1.82, 2.24) is 14.8 Å². The van der Waals surface area contributed by atoms with Gasteiger partial charge in [-0.3, -0.25) is 4.79 Å². The quantitative estimate of drug-likeness (QED) is 0.798. The molecule has 0 bridgehead atoms. The van der Waals surface area contributed by atoms with Crippen LogP contribution in [0.2, 0.25) is 0 Å². The van der Waals surface area contributed by atoms with Gasteiger partial charge in [0.15, 0.2) is 0 Å². The van der Waals surface area contributed by atoms with Gasteiger partial charge in [0.05, 0.1) is 18.5 Å². The van der Waals surface area contributed by atoms with Gasteiger partial charge >= 0.3 is 0 Å². The minimum Gasteiger partial charge on any atom is -0.497 e. The Morgan fingerprint density at radius 3 is 2.70 bits per heavy atom. The minimum atomic E-state index is -0.141. The number of aryl methyl sites for hydroxylation is 1. The third-order valence-electron chi connectivity index (χ3n) is 3.19. The van der Waals surface area contributed by atoms with Crippen molar-refractivity contribution in [3.8, 4) is 22.1 Å². The van der Waals surface area contributed by atoms with E-state index < -0.39 is 0 Å². The highest BCUT2D eigenvalue weighted by Crippen LogP contribution is 2.27. The maximum atomic E-state index is 11.3. The normalized spacial score (nSPS) is 10.6. The second-order valence-corrected chi connectivity index (χ2v) is 5.84. The van der Waals surface area contributed by atoms with Gasteiger partial charge < -0.3 is 10.1 Å². The van der Waals surface area contributed by atoms with Crippen LogP contribution < -0.4 is 10.1 Å². The number of anilines is 1. The highest BCUT2D eigenvalue weighted by atomic mass is 32.1. The van der Waals surface area contributed by atoms with Gasteiger partial charge in [-0.15, -0.1) is 11.3 Å². The second kappa shape index (κ2) is 6.21. The lowest BCUT2D eigenvalue weighted by Crippen LogP contribution is -2.10. The van der Waals surface area contributed by atoms with Gasteiger partial charge in [0.1, 0.15) is 11.6 Å². The standard InChI is InChI=1S/C16H16N4O2S/c1-10-8-15(17-11(2)21)20(19-10)16-18-14(9-23-16)12-4-6-13(22-3)7-5-12/h4-9H,1-3H3,(H,17,21). The van der Waals surface area contributed by atoms with Crippen molar-refractivity contribution in [3.63, 3.8) is 0 Å². The fourth-order valence-electron chi connectivity index (χ4n) is 2.17. The number of aromatic nitrogens is 3. The molecule has 0 aliphatic heterocycles. The molecule has 0 atom stereocenters. The van der Waals surface area contributed by atoms with Gasteiger partial charge in [0, 0.05) is 23.9 Å². The number of nitrogens with zero attached hydrogens (tertiary/aromatic N) is 3. The van der Waals surface area contributed by atoms with Crippen molar-refractivity contribution in [3.05, 3.63) is 41.4 Å². The summed E-state index contributed by atoms with van der Waals surface area (Å²) in [6, 6.07) is 9.53. The highest BCUT2D eigenvalue weighted by molar-refractivity contribution is 7.12. The highest BCUT2D eigenvalue weighted by Gasteiger charge is 2.13. The number of benzene rings is 1. The number of rotatable bonds is 4. The van der Waals surface area contributed by atoms with Crippen LogP contribution in [0.1, 0.15) is 12.6 Å². The number of nitrogens with one attached hydrogen (secondary N) is 1. The van der Waals surface area contributed by atoms with Crippen molar-refractivity contribution in [1.29, 1.82) is 0 Å². The molecule has 2 heterocycles. The number of amides is 1. The zero-order chi connectivity index (χ0) is 16.4. The first kappa shape index (κ1) is 15.2. The first-order chi connectivity index (χ1) is 11.1. The van der Waals surface area contributed by atoms with Crippen LogP contribution in [0.3, 0.4) is 0 Å². The summed E-state index contributed by atoms with van der Waals surface area (Å²) in [5.74, 6) is 1.28. The van der Waals surface area contributed by atoms with Crippen molar-refractivity contribution in [2.24, 2.45) is 0 Å². The number of carbonyl (C=O) groups is 1. The van der Waals surface area contributed by atoms with Gasteiger partial charge in [-0.1, -0.05) is 0 Å². The third-order valence-corrected chi connectivity index (χ3v) is 4.01. The Bertz CT molecular complexity index is 836. The number of thiazole rings is 1. The van der Waals surface area contributed by atoms with Gasteiger partial charge in [-0.05, 0) is 31.2 Å². The summed E-state index contributed by atoms with van der Waals surface area (Å²) in [4.78, 5) is 15.9. The van der Waals surface area contributed by atoms with E-state index in [1.807, 2.05) is 42.6 Å². The van der Waals surface area contributed by atoms with Crippen LogP contribution in [0.5, 0.6) is 5.75 Å². The maximum Gasteiger partial charge on any atom is 0.222 e. The average Bonchev–Trinajstić information content (AvgIpc) is 3.13. The van der Waals surface area contributed by atoms with Crippen molar-refractivity contribution in [2.45, 2.75) is 13.8 Å². The van der Waals surface area contributed by atoms with Gasteiger partial charge in [0.2, 0.25) is 11.0 Å². The lowest BCUT2D eigenvalue weighted by molar-refractivity contribution is -0.114. The van der Waals surface area contributed by atoms with E-state index in [1.54, 1.807) is 11.8 Å². The Morgan fingerprint density at radius 1 is 1.30 bits per heavy atom. The van der Waals surface area contributed by atoms with Crippen molar-refractivity contribution >= 4 is 23.1 Å². The molecule has 1 N–H and O–H groups in total. The second-order valence-electron chi connectivity index (χ2n) is 5.01. The van der Waals surface area contributed by atoms with Crippen LogP contribution in [0, 0.1) is 6.92 Å². The molecule has 0 fully saturated rings. The molecule has 7 heteroatoms. The van der Waals surface area contributed by atoms with Crippen LogP contribution in [0.15, 0.2) is 35.7 Å². The van der Waals surface area contributed by atoms with Crippen molar-refractivity contribution < 1.29 is 9.53 Å². The lowest BCUT2D eigenvalue weighted by atomic mass is 10.2. The number of carbonyl (C=O) groups excluding carboxylic acids is 1. The van der Waals surface area contributed by atoms with E-state index in [0.717, 1.165) is 22.7 Å². The first-order valence-electron chi connectivity index (χ1n) is 7.01. The summed E-state index contributed by atoms with van der Waals surface area (Å²) in [7, 11) is 1.64. The monoisotopic (exact) mass is 328 g/mol. The smallest absolute Gasteiger partial charge is 0.222 e. The molecule has 6 nitrogen and oxygen atoms in total. The Hall–Kier alpha value is -2.67. The molecule has 1 amide bonds. The van der Waals surface area contributed by atoms with Crippen LogP contribution in [0.25, 0.3) is 16.4 Å². The molecule has 0 saturated carbocycles. The molecule has 118 valence electrons. The Kier molecular flexibility index (Phi) is 4.12. The van der Waals surface area contributed by atoms with E-state index in [9.17, 15) is 4.79 Å². The summed E-state index contributed by atoms with van der Waals surface area (Å²) in [6.45, 7) is 3.34. The van der Waals surface area contributed by atoms with Gasteiger partial charge in [-0.2, -0.15) is 9.78 Å². The molecule has 1 aromatic carbocycles. The zero-order valence-corrected chi connectivity index (χ0v) is 13.8.